The minimum Gasteiger partial charge on any atom is -0.388 e. The molecule has 4 atom stereocenters. The first-order valence-corrected chi connectivity index (χ1v) is 8.58. The van der Waals surface area contributed by atoms with Crippen molar-refractivity contribution in [1.82, 2.24) is 19.5 Å². The van der Waals surface area contributed by atoms with E-state index in [0.717, 1.165) is 6.42 Å². The third-order valence-corrected chi connectivity index (χ3v) is 3.92. The summed E-state index contributed by atoms with van der Waals surface area (Å²) in [6, 6.07) is 0. The molecule has 3 rings (SSSR count). The molecule has 0 radical (unpaired) electrons. The lowest BCUT2D eigenvalue weighted by Gasteiger charge is -2.16. The summed E-state index contributed by atoms with van der Waals surface area (Å²) in [6.45, 7) is 11.9. The van der Waals surface area contributed by atoms with Crippen LogP contribution in [0.2, 0.25) is 0 Å². The van der Waals surface area contributed by atoms with Crippen LogP contribution in [0.3, 0.4) is 0 Å². The molecule has 4 unspecified atom stereocenters. The highest BCUT2D eigenvalue weighted by Crippen LogP contribution is 2.35. The van der Waals surface area contributed by atoms with Gasteiger partial charge in [-0.3, -0.25) is 0 Å². The number of nitrogen functional groups attached to an aromatic ring is 1. The second-order valence-corrected chi connectivity index (χ2v) is 5.08. The van der Waals surface area contributed by atoms with E-state index < -0.39 is 18.0 Å². The van der Waals surface area contributed by atoms with Gasteiger partial charge >= 0.3 is 5.69 Å². The van der Waals surface area contributed by atoms with Crippen LogP contribution in [0.25, 0.3) is 11.2 Å². The second-order valence-electron chi connectivity index (χ2n) is 5.08. The van der Waals surface area contributed by atoms with Crippen LogP contribution >= 0.6 is 0 Å². The zero-order chi connectivity index (χ0) is 18.4. The lowest BCUT2D eigenvalue weighted by atomic mass is 9.99. The van der Waals surface area contributed by atoms with Crippen LogP contribution in [0, 0.1) is 5.92 Å². The Kier molecular flexibility index (Phi) is 7.37. The molecule has 0 spiro atoms. The fourth-order valence-electron chi connectivity index (χ4n) is 2.74. The molecule has 0 bridgehead atoms. The maximum absolute atomic E-state index is 12.1. The van der Waals surface area contributed by atoms with Gasteiger partial charge in [-0.15, -0.1) is 0 Å². The molecular formula is C16H29N5O3. The van der Waals surface area contributed by atoms with E-state index in [9.17, 15) is 9.90 Å². The standard InChI is InChI=1S/C12H17N5O3.2C2H6/c1-3-6-5(2)8(18)11(20-6)17-10-7(16-12(17)19)9(13)14-4-15-10;2*1-2/h4-6,8,11,18H,3H2,1-2H3,(H,16,19)(H2,13,14,15);2*1-2H3. The van der Waals surface area contributed by atoms with Crippen molar-refractivity contribution in [1.29, 1.82) is 0 Å². The first-order valence-electron chi connectivity index (χ1n) is 8.58. The van der Waals surface area contributed by atoms with Crippen molar-refractivity contribution in [3.05, 3.63) is 16.8 Å². The number of aliphatic hydroxyl groups excluding tert-OH is 1. The zero-order valence-electron chi connectivity index (χ0n) is 15.3. The van der Waals surface area contributed by atoms with Crippen LogP contribution in [0.4, 0.5) is 5.82 Å². The average molecular weight is 339 g/mol. The Morgan fingerprint density at radius 3 is 2.50 bits per heavy atom. The van der Waals surface area contributed by atoms with Crippen molar-refractivity contribution in [2.45, 2.75) is 66.4 Å². The summed E-state index contributed by atoms with van der Waals surface area (Å²) in [5.74, 6) is 0.138. The van der Waals surface area contributed by atoms with E-state index in [4.69, 9.17) is 10.5 Å². The van der Waals surface area contributed by atoms with E-state index in [1.807, 2.05) is 41.5 Å². The van der Waals surface area contributed by atoms with Crippen LogP contribution in [0.1, 0.15) is 54.2 Å². The van der Waals surface area contributed by atoms with Crippen LogP contribution in [-0.4, -0.2) is 36.8 Å². The van der Waals surface area contributed by atoms with Crippen LogP contribution in [0.5, 0.6) is 0 Å². The molecule has 1 fully saturated rings. The van der Waals surface area contributed by atoms with Crippen LogP contribution in [-0.2, 0) is 4.74 Å². The fraction of sp³-hybridized carbons (Fsp3) is 0.688. The molecule has 8 nitrogen and oxygen atoms in total. The quantitative estimate of drug-likeness (QED) is 0.770. The summed E-state index contributed by atoms with van der Waals surface area (Å²) in [6.07, 6.45) is 0.427. The van der Waals surface area contributed by atoms with E-state index in [0.29, 0.717) is 11.2 Å². The number of hydrogen-bond donors (Lipinski definition) is 3. The number of hydrogen-bond acceptors (Lipinski definition) is 6. The molecular weight excluding hydrogens is 310 g/mol. The summed E-state index contributed by atoms with van der Waals surface area (Å²) in [5.41, 5.74) is 6.00. The van der Waals surface area contributed by atoms with E-state index in [-0.39, 0.29) is 17.8 Å². The summed E-state index contributed by atoms with van der Waals surface area (Å²) >= 11 is 0. The lowest BCUT2D eigenvalue weighted by Crippen LogP contribution is -2.30. The summed E-state index contributed by atoms with van der Waals surface area (Å²) in [4.78, 5) is 22.6. The minimum atomic E-state index is -0.771. The van der Waals surface area contributed by atoms with Crippen molar-refractivity contribution >= 4 is 17.0 Å². The maximum atomic E-state index is 12.1. The number of H-pyrrole nitrogens is 1. The number of aromatic amines is 1. The number of anilines is 1. The smallest absolute Gasteiger partial charge is 0.330 e. The Morgan fingerprint density at radius 2 is 1.96 bits per heavy atom. The molecule has 1 aliphatic heterocycles. The number of rotatable bonds is 2. The third-order valence-electron chi connectivity index (χ3n) is 3.92. The third kappa shape index (κ3) is 3.44. The molecule has 2 aromatic heterocycles. The lowest BCUT2D eigenvalue weighted by molar-refractivity contribution is -0.0372. The number of nitrogens with two attached hydrogens (primary N) is 1. The Hall–Kier alpha value is -1.93. The van der Waals surface area contributed by atoms with E-state index in [2.05, 4.69) is 15.0 Å². The van der Waals surface area contributed by atoms with Crippen molar-refractivity contribution in [2.75, 3.05) is 5.73 Å². The number of imidazole rings is 1. The first-order chi connectivity index (χ1) is 11.5. The highest BCUT2D eigenvalue weighted by atomic mass is 16.5. The number of aliphatic hydroxyl groups is 1. The molecule has 0 saturated carbocycles. The maximum Gasteiger partial charge on any atom is 0.330 e. The van der Waals surface area contributed by atoms with Gasteiger partial charge in [-0.05, 0) is 6.42 Å². The van der Waals surface area contributed by atoms with Gasteiger partial charge < -0.3 is 20.6 Å². The zero-order valence-corrected chi connectivity index (χ0v) is 15.3. The van der Waals surface area contributed by atoms with Crippen molar-refractivity contribution in [2.24, 2.45) is 5.92 Å². The highest BCUT2D eigenvalue weighted by Gasteiger charge is 2.42. The molecule has 4 N–H and O–H groups in total. The number of aromatic nitrogens is 4. The Morgan fingerprint density at radius 1 is 1.33 bits per heavy atom. The highest BCUT2D eigenvalue weighted by molar-refractivity contribution is 5.81. The molecule has 0 aliphatic carbocycles. The number of fused-ring (bicyclic) bond motifs is 1. The average Bonchev–Trinajstić information content (AvgIpc) is 3.09. The van der Waals surface area contributed by atoms with Gasteiger partial charge in [-0.25, -0.2) is 19.3 Å². The van der Waals surface area contributed by atoms with E-state index in [1.165, 1.54) is 10.9 Å². The SMILES string of the molecule is CC.CC.CCC1OC(n2c(=O)[nH]c3c(N)ncnc32)C(O)C1C. The number of nitrogens with zero attached hydrogens (tertiary/aromatic N) is 3. The van der Waals surface area contributed by atoms with Gasteiger partial charge in [0.2, 0.25) is 0 Å². The van der Waals surface area contributed by atoms with Crippen molar-refractivity contribution < 1.29 is 9.84 Å². The van der Waals surface area contributed by atoms with Crippen LogP contribution in [0.15, 0.2) is 11.1 Å². The molecule has 3 heterocycles. The molecule has 8 heteroatoms. The summed E-state index contributed by atoms with van der Waals surface area (Å²) in [7, 11) is 0. The summed E-state index contributed by atoms with van der Waals surface area (Å²) < 4.78 is 7.11. The van der Waals surface area contributed by atoms with Gasteiger partial charge in [0.25, 0.3) is 0 Å². The normalized spacial score (nSPS) is 25.6. The molecule has 0 aromatic carbocycles. The topological polar surface area (TPSA) is 119 Å². The van der Waals surface area contributed by atoms with Crippen molar-refractivity contribution in [3.8, 4) is 0 Å². The van der Waals surface area contributed by atoms with Gasteiger partial charge in [0.15, 0.2) is 17.7 Å². The van der Waals surface area contributed by atoms with Crippen molar-refractivity contribution in [3.63, 3.8) is 0 Å². The van der Waals surface area contributed by atoms with Gasteiger partial charge in [0, 0.05) is 5.92 Å². The fourth-order valence-corrected chi connectivity index (χ4v) is 2.74. The largest absolute Gasteiger partial charge is 0.388 e. The minimum absolute atomic E-state index is 0.0546. The number of ether oxygens (including phenoxy) is 1. The van der Waals surface area contributed by atoms with Gasteiger partial charge in [0.05, 0.1) is 6.10 Å². The molecule has 136 valence electrons. The molecule has 1 aliphatic rings. The predicted molar refractivity (Wildman–Crippen MR) is 94.6 cm³/mol. The van der Waals surface area contributed by atoms with E-state index >= 15 is 0 Å². The van der Waals surface area contributed by atoms with Gasteiger partial charge in [-0.1, -0.05) is 41.5 Å². The molecule has 0 amide bonds. The monoisotopic (exact) mass is 339 g/mol. The van der Waals surface area contributed by atoms with Gasteiger partial charge in [0.1, 0.15) is 17.9 Å². The molecule has 24 heavy (non-hydrogen) atoms. The second kappa shape index (κ2) is 8.79. The predicted octanol–water partition coefficient (Wildman–Crippen LogP) is 2.06. The first kappa shape index (κ1) is 20.1. The van der Waals surface area contributed by atoms with Crippen LogP contribution < -0.4 is 11.4 Å². The Bertz CT molecular complexity index is 697. The van der Waals surface area contributed by atoms with Gasteiger partial charge in [-0.2, -0.15) is 0 Å². The molecule has 1 saturated heterocycles. The Labute approximate surface area is 142 Å². The number of nitrogens with one attached hydrogen (secondary N) is 1. The Balaban J connectivity index is 0.000000671. The molecule has 2 aromatic rings. The summed E-state index contributed by atoms with van der Waals surface area (Å²) in [5, 5.41) is 10.3. The van der Waals surface area contributed by atoms with E-state index in [1.54, 1.807) is 0 Å².